The monoisotopic (exact) mass is 480 g/mol. The van der Waals surface area contributed by atoms with Crippen LogP contribution in [-0.4, -0.2) is 55.2 Å². The van der Waals surface area contributed by atoms with Gasteiger partial charge in [-0.25, -0.2) is 9.97 Å². The number of piperidine rings is 1. The summed E-state index contributed by atoms with van der Waals surface area (Å²) < 4.78 is 0. The van der Waals surface area contributed by atoms with Gasteiger partial charge in [-0.3, -0.25) is 0 Å². The average molecular weight is 481 g/mol. The molecule has 1 fully saturated rings. The first kappa shape index (κ1) is 22.8. The van der Waals surface area contributed by atoms with Crippen LogP contribution in [0, 0.1) is 0 Å². The van der Waals surface area contributed by atoms with Crippen LogP contribution in [0.4, 0.5) is 5.82 Å². The van der Waals surface area contributed by atoms with Crippen molar-refractivity contribution >= 4 is 5.82 Å². The van der Waals surface area contributed by atoms with Gasteiger partial charge in [-0.2, -0.15) is 4.80 Å². The van der Waals surface area contributed by atoms with E-state index in [1.165, 1.54) is 53.0 Å². The van der Waals surface area contributed by atoms with E-state index in [4.69, 9.17) is 9.97 Å². The average Bonchev–Trinajstić information content (AvgIpc) is 3.50. The van der Waals surface area contributed by atoms with Gasteiger partial charge in [0.2, 0.25) is 5.82 Å². The first-order valence-corrected chi connectivity index (χ1v) is 12.9. The maximum atomic E-state index is 4.89. The molecule has 8 heteroatoms. The number of rotatable bonds is 6. The molecule has 0 amide bonds. The van der Waals surface area contributed by atoms with Gasteiger partial charge in [-0.05, 0) is 72.4 Å². The summed E-state index contributed by atoms with van der Waals surface area (Å²) in [6, 6.07) is 15.5. The van der Waals surface area contributed by atoms with Gasteiger partial charge in [-0.15, -0.1) is 10.2 Å². The fraction of sp³-hybridized carbons (Fsp3) is 0.393. The highest BCUT2D eigenvalue weighted by molar-refractivity contribution is 5.85. The second kappa shape index (κ2) is 9.43. The quantitative estimate of drug-likeness (QED) is 0.389. The molecule has 1 saturated heterocycles. The van der Waals surface area contributed by atoms with Crippen molar-refractivity contribution in [3.05, 3.63) is 70.7 Å². The Morgan fingerprint density at radius 1 is 1.00 bits per heavy atom. The Morgan fingerprint density at radius 2 is 1.81 bits per heavy atom. The lowest BCUT2D eigenvalue weighted by atomic mass is 9.89. The second-order valence-corrected chi connectivity index (χ2v) is 9.99. The van der Waals surface area contributed by atoms with Gasteiger partial charge >= 0.3 is 0 Å². The number of aryl methyl sites for hydroxylation is 2. The van der Waals surface area contributed by atoms with E-state index in [9.17, 15) is 0 Å². The molecule has 0 unspecified atom stereocenters. The highest BCUT2D eigenvalue weighted by atomic mass is 15.6. The molecule has 0 bridgehead atoms. The van der Waals surface area contributed by atoms with E-state index in [-0.39, 0.29) is 0 Å². The fourth-order valence-electron chi connectivity index (χ4n) is 5.39. The second-order valence-electron chi connectivity index (χ2n) is 9.99. The normalized spacial score (nSPS) is 15.6. The molecule has 0 atom stereocenters. The van der Waals surface area contributed by atoms with Crippen LogP contribution >= 0.6 is 0 Å². The molecule has 0 radical (unpaired) electrons. The van der Waals surface area contributed by atoms with Crippen molar-refractivity contribution < 1.29 is 0 Å². The van der Waals surface area contributed by atoms with Gasteiger partial charge < -0.3 is 10.2 Å². The minimum Gasteiger partial charge on any atom is -0.365 e. The third kappa shape index (κ3) is 4.37. The summed E-state index contributed by atoms with van der Waals surface area (Å²) in [6.07, 6.45) is 4.08. The van der Waals surface area contributed by atoms with Crippen LogP contribution in [0.25, 0.3) is 22.5 Å². The van der Waals surface area contributed by atoms with E-state index < -0.39 is 0 Å². The maximum absolute atomic E-state index is 4.89. The number of hydrogen-bond acceptors (Lipinski definition) is 7. The molecule has 3 heterocycles. The van der Waals surface area contributed by atoms with E-state index in [0.717, 1.165) is 47.8 Å². The number of likely N-dealkylation sites (tertiary alicyclic amines) is 1. The number of benzene rings is 2. The first-order valence-electron chi connectivity index (χ1n) is 12.9. The Bertz CT molecular complexity index is 1380. The van der Waals surface area contributed by atoms with Crippen molar-refractivity contribution in [3.63, 3.8) is 0 Å². The zero-order valence-electron chi connectivity index (χ0n) is 21.2. The molecule has 36 heavy (non-hydrogen) atoms. The van der Waals surface area contributed by atoms with E-state index in [1.54, 1.807) is 7.05 Å². The van der Waals surface area contributed by atoms with E-state index in [1.807, 2.05) is 0 Å². The Morgan fingerprint density at radius 3 is 2.53 bits per heavy atom. The standard InChI is InChI=1S/C28H32N8/c1-4-25-30-24-16-22-15-21(27-32-34-36(3)33-27)9-10-23(22)26(24)28(31-25)29-17-18-5-7-19(8-6-18)20-11-13-35(2)14-12-20/h5-10,15,20H,4,11-14,16-17H2,1-3H3,(H,29,30,31). The molecular formula is C28H32N8. The van der Waals surface area contributed by atoms with Crippen LogP contribution in [0.2, 0.25) is 0 Å². The Hall–Kier alpha value is -3.65. The lowest BCUT2D eigenvalue weighted by molar-refractivity contribution is 0.255. The van der Waals surface area contributed by atoms with Gasteiger partial charge in [-0.1, -0.05) is 43.3 Å². The molecule has 1 aliphatic heterocycles. The molecule has 0 spiro atoms. The van der Waals surface area contributed by atoms with Crippen LogP contribution in [0.5, 0.6) is 0 Å². The van der Waals surface area contributed by atoms with E-state index >= 15 is 0 Å². The van der Waals surface area contributed by atoms with Crippen LogP contribution in [-0.2, 0) is 26.4 Å². The van der Waals surface area contributed by atoms with Gasteiger partial charge in [0.1, 0.15) is 11.6 Å². The Labute approximate surface area is 211 Å². The van der Waals surface area contributed by atoms with Gasteiger partial charge in [0.25, 0.3) is 0 Å². The predicted octanol–water partition coefficient (Wildman–Crippen LogP) is 4.22. The molecule has 0 saturated carbocycles. The highest BCUT2D eigenvalue weighted by Gasteiger charge is 2.26. The summed E-state index contributed by atoms with van der Waals surface area (Å²) >= 11 is 0. The molecule has 1 N–H and O–H groups in total. The van der Waals surface area contributed by atoms with Crippen LogP contribution in [0.3, 0.4) is 0 Å². The third-order valence-electron chi connectivity index (χ3n) is 7.48. The van der Waals surface area contributed by atoms with Crippen LogP contribution < -0.4 is 5.32 Å². The lowest BCUT2D eigenvalue weighted by Gasteiger charge is -2.29. The fourth-order valence-corrected chi connectivity index (χ4v) is 5.39. The van der Waals surface area contributed by atoms with Gasteiger partial charge in [0, 0.05) is 30.5 Å². The lowest BCUT2D eigenvalue weighted by Crippen LogP contribution is -2.29. The van der Waals surface area contributed by atoms with Gasteiger partial charge in [0.15, 0.2) is 0 Å². The number of nitrogens with one attached hydrogen (secondary N) is 1. The smallest absolute Gasteiger partial charge is 0.204 e. The summed E-state index contributed by atoms with van der Waals surface area (Å²) in [4.78, 5) is 13.7. The molecule has 2 aliphatic rings. The molecule has 1 aliphatic carbocycles. The zero-order valence-corrected chi connectivity index (χ0v) is 21.2. The number of aromatic nitrogens is 6. The van der Waals surface area contributed by atoms with Crippen molar-refractivity contribution in [1.82, 2.24) is 35.1 Å². The highest BCUT2D eigenvalue weighted by Crippen LogP contribution is 2.41. The van der Waals surface area contributed by atoms with Crippen molar-refractivity contribution in [2.75, 3.05) is 25.5 Å². The molecule has 4 aromatic rings. The molecular weight excluding hydrogens is 448 g/mol. The maximum Gasteiger partial charge on any atom is 0.204 e. The molecule has 8 nitrogen and oxygen atoms in total. The summed E-state index contributed by atoms with van der Waals surface area (Å²) in [5.41, 5.74) is 8.30. The van der Waals surface area contributed by atoms with Crippen LogP contribution in [0.15, 0.2) is 42.5 Å². The molecule has 2 aromatic carbocycles. The number of tetrazole rings is 1. The molecule has 2 aromatic heterocycles. The molecule has 6 rings (SSSR count). The first-order chi connectivity index (χ1) is 17.6. The zero-order chi connectivity index (χ0) is 24.6. The van der Waals surface area contributed by atoms with Crippen molar-refractivity contribution in [2.45, 2.75) is 45.1 Å². The third-order valence-corrected chi connectivity index (χ3v) is 7.48. The summed E-state index contributed by atoms with van der Waals surface area (Å²) in [5, 5.41) is 16.1. The Balaban J connectivity index is 1.23. The number of fused-ring (bicyclic) bond motifs is 3. The number of hydrogen-bond donors (Lipinski definition) is 1. The van der Waals surface area contributed by atoms with Crippen LogP contribution in [0.1, 0.15) is 53.9 Å². The van der Waals surface area contributed by atoms with Crippen molar-refractivity contribution in [1.29, 1.82) is 0 Å². The summed E-state index contributed by atoms with van der Waals surface area (Å²) in [7, 11) is 3.99. The Kier molecular flexibility index (Phi) is 5.97. The summed E-state index contributed by atoms with van der Waals surface area (Å²) in [6.45, 7) is 5.21. The topological polar surface area (TPSA) is 84.7 Å². The minimum absolute atomic E-state index is 0.638. The summed E-state index contributed by atoms with van der Waals surface area (Å²) in [5.74, 6) is 3.11. The molecule has 184 valence electrons. The van der Waals surface area contributed by atoms with Crippen molar-refractivity contribution in [2.24, 2.45) is 7.05 Å². The van der Waals surface area contributed by atoms with E-state index in [2.05, 4.69) is 82.1 Å². The largest absolute Gasteiger partial charge is 0.365 e. The van der Waals surface area contributed by atoms with Gasteiger partial charge in [0.05, 0.1) is 12.7 Å². The number of nitrogens with zero attached hydrogens (tertiary/aromatic N) is 7. The van der Waals surface area contributed by atoms with E-state index in [0.29, 0.717) is 11.7 Å². The minimum atomic E-state index is 0.638. The number of anilines is 1. The van der Waals surface area contributed by atoms with Crippen molar-refractivity contribution in [3.8, 4) is 22.5 Å². The predicted molar refractivity (Wildman–Crippen MR) is 141 cm³/mol. The SMILES string of the molecule is CCc1nc2c(c(NCc3ccc(C4CCN(C)CC4)cc3)n1)-c1ccc(-c3nnn(C)n3)cc1C2.